The van der Waals surface area contributed by atoms with E-state index in [1.165, 1.54) is 0 Å². The van der Waals surface area contributed by atoms with Crippen LogP contribution in [0.3, 0.4) is 0 Å². The Hall–Kier alpha value is -1.80. The van der Waals surface area contributed by atoms with Crippen LogP contribution in [0.25, 0.3) is 0 Å². The van der Waals surface area contributed by atoms with Crippen molar-refractivity contribution in [3.05, 3.63) is 64.7 Å². The summed E-state index contributed by atoms with van der Waals surface area (Å²) in [5.74, 6) is 0.893. The summed E-state index contributed by atoms with van der Waals surface area (Å²) < 4.78 is 5.69. The van der Waals surface area contributed by atoms with Crippen LogP contribution >= 0.6 is 11.6 Å². The summed E-state index contributed by atoms with van der Waals surface area (Å²) in [7, 11) is 0. The lowest BCUT2D eigenvalue weighted by atomic mass is 10.0. The number of ether oxygens (including phenoxy) is 1. The molecule has 0 radical (unpaired) electrons. The van der Waals surface area contributed by atoms with Gasteiger partial charge in [-0.15, -0.1) is 0 Å². The molecule has 19 heavy (non-hydrogen) atoms. The highest BCUT2D eigenvalue weighted by atomic mass is 35.5. The molecule has 1 aliphatic heterocycles. The van der Waals surface area contributed by atoms with E-state index >= 15 is 0 Å². The summed E-state index contributed by atoms with van der Waals surface area (Å²) in [6.45, 7) is 0. The molecule has 0 amide bonds. The second-order valence-corrected chi connectivity index (χ2v) is 5.06. The number of benzene rings is 2. The van der Waals surface area contributed by atoms with Crippen LogP contribution < -0.4 is 4.74 Å². The van der Waals surface area contributed by atoms with Crippen LogP contribution in [0.1, 0.15) is 11.1 Å². The SMILES string of the molecule is O=C(Cc1ccccc1Cl)C1Cc2ccccc2O1. The van der Waals surface area contributed by atoms with Gasteiger partial charge in [-0.25, -0.2) is 0 Å². The van der Waals surface area contributed by atoms with E-state index in [9.17, 15) is 4.79 Å². The molecule has 1 atom stereocenters. The topological polar surface area (TPSA) is 26.3 Å². The zero-order chi connectivity index (χ0) is 13.2. The van der Waals surface area contributed by atoms with Crippen molar-refractivity contribution in [1.29, 1.82) is 0 Å². The Labute approximate surface area is 117 Å². The van der Waals surface area contributed by atoms with Crippen LogP contribution in [0.4, 0.5) is 0 Å². The second-order valence-electron chi connectivity index (χ2n) is 4.65. The molecule has 2 aromatic rings. The summed E-state index contributed by atoms with van der Waals surface area (Å²) in [4.78, 5) is 12.3. The van der Waals surface area contributed by atoms with Gasteiger partial charge < -0.3 is 4.74 Å². The standard InChI is InChI=1S/C16H13ClO2/c17-13-7-3-1-5-11(13)9-14(18)16-10-12-6-2-4-8-15(12)19-16/h1-8,16H,9-10H2. The molecule has 2 aromatic carbocycles. The summed E-state index contributed by atoms with van der Waals surface area (Å²) in [5.41, 5.74) is 1.95. The molecule has 0 fully saturated rings. The smallest absolute Gasteiger partial charge is 0.178 e. The first-order valence-corrected chi connectivity index (χ1v) is 6.62. The molecule has 1 aliphatic rings. The Morgan fingerprint density at radius 3 is 2.68 bits per heavy atom. The highest BCUT2D eigenvalue weighted by Gasteiger charge is 2.28. The van der Waals surface area contributed by atoms with Crippen LogP contribution in [-0.4, -0.2) is 11.9 Å². The van der Waals surface area contributed by atoms with E-state index < -0.39 is 0 Å². The minimum atomic E-state index is -0.381. The van der Waals surface area contributed by atoms with E-state index in [2.05, 4.69) is 0 Å². The quantitative estimate of drug-likeness (QED) is 0.855. The largest absolute Gasteiger partial charge is 0.482 e. The molecule has 0 saturated heterocycles. The van der Waals surface area contributed by atoms with E-state index in [0.29, 0.717) is 17.9 Å². The van der Waals surface area contributed by atoms with Crippen LogP contribution in [0, 0.1) is 0 Å². The Morgan fingerprint density at radius 2 is 1.89 bits per heavy atom. The number of para-hydroxylation sites is 1. The van der Waals surface area contributed by atoms with Gasteiger partial charge in [-0.2, -0.15) is 0 Å². The fourth-order valence-electron chi connectivity index (χ4n) is 2.30. The Kier molecular flexibility index (Phi) is 3.26. The van der Waals surface area contributed by atoms with Crippen LogP contribution in [-0.2, 0) is 17.6 Å². The van der Waals surface area contributed by atoms with E-state index in [1.807, 2.05) is 42.5 Å². The number of fused-ring (bicyclic) bond motifs is 1. The van der Waals surface area contributed by atoms with Gasteiger partial charge in [-0.05, 0) is 23.3 Å². The first-order valence-electron chi connectivity index (χ1n) is 6.25. The molecule has 0 bridgehead atoms. The molecule has 96 valence electrons. The second kappa shape index (κ2) is 5.06. The number of carbonyl (C=O) groups is 1. The van der Waals surface area contributed by atoms with Crippen molar-refractivity contribution in [2.24, 2.45) is 0 Å². The molecular weight excluding hydrogens is 260 g/mol. The van der Waals surface area contributed by atoms with Crippen molar-refractivity contribution in [3.8, 4) is 5.75 Å². The average molecular weight is 273 g/mol. The Morgan fingerprint density at radius 1 is 1.16 bits per heavy atom. The number of hydrogen-bond acceptors (Lipinski definition) is 2. The third-order valence-corrected chi connectivity index (χ3v) is 3.70. The molecule has 0 aliphatic carbocycles. The third kappa shape index (κ3) is 2.49. The molecule has 1 heterocycles. The number of halogens is 1. The monoisotopic (exact) mass is 272 g/mol. The molecule has 3 rings (SSSR count). The lowest BCUT2D eigenvalue weighted by Crippen LogP contribution is -2.26. The number of ketones is 1. The summed E-state index contributed by atoms with van der Waals surface area (Å²) in [6.07, 6.45) is 0.589. The molecule has 0 N–H and O–H groups in total. The average Bonchev–Trinajstić information content (AvgIpc) is 2.85. The lowest BCUT2D eigenvalue weighted by Gasteiger charge is -2.10. The van der Waals surface area contributed by atoms with Crippen LogP contribution in [0.5, 0.6) is 5.75 Å². The predicted octanol–water partition coefficient (Wildman–Crippen LogP) is 3.46. The third-order valence-electron chi connectivity index (χ3n) is 3.33. The molecule has 0 spiro atoms. The molecule has 3 heteroatoms. The highest BCUT2D eigenvalue weighted by molar-refractivity contribution is 6.31. The molecular formula is C16H13ClO2. The fraction of sp³-hybridized carbons (Fsp3) is 0.188. The van der Waals surface area contributed by atoms with Gasteiger partial charge in [0.25, 0.3) is 0 Å². The van der Waals surface area contributed by atoms with Crippen molar-refractivity contribution in [3.63, 3.8) is 0 Å². The maximum atomic E-state index is 12.3. The van der Waals surface area contributed by atoms with Gasteiger partial charge in [0, 0.05) is 17.9 Å². The van der Waals surface area contributed by atoms with Gasteiger partial charge in [-0.1, -0.05) is 48.0 Å². The predicted molar refractivity (Wildman–Crippen MR) is 74.7 cm³/mol. The van der Waals surface area contributed by atoms with Crippen LogP contribution in [0.15, 0.2) is 48.5 Å². The lowest BCUT2D eigenvalue weighted by molar-refractivity contribution is -0.124. The van der Waals surface area contributed by atoms with Gasteiger partial charge in [0.15, 0.2) is 11.9 Å². The number of Topliss-reactive ketones (excluding diaryl/α,β-unsaturated/α-hetero) is 1. The van der Waals surface area contributed by atoms with Crippen molar-refractivity contribution in [2.45, 2.75) is 18.9 Å². The van der Waals surface area contributed by atoms with E-state index in [1.54, 1.807) is 6.07 Å². The number of rotatable bonds is 3. The first-order chi connectivity index (χ1) is 9.24. The van der Waals surface area contributed by atoms with Gasteiger partial charge in [-0.3, -0.25) is 4.79 Å². The maximum Gasteiger partial charge on any atom is 0.178 e. The minimum Gasteiger partial charge on any atom is -0.482 e. The van der Waals surface area contributed by atoms with E-state index in [0.717, 1.165) is 16.9 Å². The Balaban J connectivity index is 1.72. The van der Waals surface area contributed by atoms with Crippen molar-refractivity contribution >= 4 is 17.4 Å². The first kappa shape index (κ1) is 12.2. The molecule has 0 saturated carbocycles. The van der Waals surface area contributed by atoms with Crippen molar-refractivity contribution in [1.82, 2.24) is 0 Å². The van der Waals surface area contributed by atoms with Crippen molar-refractivity contribution in [2.75, 3.05) is 0 Å². The van der Waals surface area contributed by atoms with Crippen LogP contribution in [0.2, 0.25) is 5.02 Å². The van der Waals surface area contributed by atoms with E-state index in [4.69, 9.17) is 16.3 Å². The van der Waals surface area contributed by atoms with Gasteiger partial charge >= 0.3 is 0 Å². The highest BCUT2D eigenvalue weighted by Crippen LogP contribution is 2.29. The molecule has 0 aromatic heterocycles. The summed E-state index contributed by atoms with van der Waals surface area (Å²) in [6, 6.07) is 15.2. The van der Waals surface area contributed by atoms with Gasteiger partial charge in [0.05, 0.1) is 0 Å². The molecule has 2 nitrogen and oxygen atoms in total. The number of carbonyl (C=O) groups excluding carboxylic acids is 1. The number of hydrogen-bond donors (Lipinski definition) is 0. The maximum absolute atomic E-state index is 12.3. The summed E-state index contributed by atoms with van der Waals surface area (Å²) >= 11 is 6.07. The zero-order valence-corrected chi connectivity index (χ0v) is 11.1. The van der Waals surface area contributed by atoms with Gasteiger partial charge in [0.1, 0.15) is 5.75 Å². The molecule has 1 unspecified atom stereocenters. The zero-order valence-electron chi connectivity index (χ0n) is 10.3. The van der Waals surface area contributed by atoms with E-state index in [-0.39, 0.29) is 11.9 Å². The van der Waals surface area contributed by atoms with Crippen molar-refractivity contribution < 1.29 is 9.53 Å². The Bertz CT molecular complexity index is 597. The summed E-state index contributed by atoms with van der Waals surface area (Å²) in [5, 5.41) is 0.631. The minimum absolute atomic E-state index is 0.0734. The van der Waals surface area contributed by atoms with Gasteiger partial charge in [0.2, 0.25) is 0 Å². The normalized spacial score (nSPS) is 16.8. The fourth-order valence-corrected chi connectivity index (χ4v) is 2.51.